The molecule has 0 radical (unpaired) electrons. The molecule has 3 unspecified atom stereocenters. The van der Waals surface area contributed by atoms with Gasteiger partial charge >= 0.3 is 0 Å². The van der Waals surface area contributed by atoms with E-state index in [2.05, 4.69) is 29.5 Å². The van der Waals surface area contributed by atoms with E-state index in [-0.39, 0.29) is 0 Å². The average Bonchev–Trinajstić information content (AvgIpc) is 2.49. The molecule has 0 bridgehead atoms. The van der Waals surface area contributed by atoms with Crippen LogP contribution in [0.5, 0.6) is 0 Å². The number of hydrogen-bond acceptors (Lipinski definition) is 3. The lowest BCUT2D eigenvalue weighted by atomic mass is 9.76. The summed E-state index contributed by atoms with van der Waals surface area (Å²) in [6.07, 6.45) is 12.7. The number of nitrogens with one attached hydrogen (secondary N) is 1. The Labute approximate surface area is 117 Å². The highest BCUT2D eigenvalue weighted by Crippen LogP contribution is 2.33. The molecule has 3 atom stereocenters. The summed E-state index contributed by atoms with van der Waals surface area (Å²) < 4.78 is 0. The maximum Gasteiger partial charge on any atom is 0.0270 e. The summed E-state index contributed by atoms with van der Waals surface area (Å²) in [6.45, 7) is 2.31. The van der Waals surface area contributed by atoms with Gasteiger partial charge in [-0.05, 0) is 55.2 Å². The van der Waals surface area contributed by atoms with Crippen molar-refractivity contribution in [3.8, 4) is 0 Å². The molecule has 0 spiro atoms. The Morgan fingerprint density at radius 1 is 1.37 bits per heavy atom. The number of nitrogens with zero attached hydrogens (tertiary/aromatic N) is 1. The number of rotatable bonds is 6. The third kappa shape index (κ3) is 4.29. The smallest absolute Gasteiger partial charge is 0.0270 e. The van der Waals surface area contributed by atoms with Crippen molar-refractivity contribution in [2.24, 2.45) is 17.7 Å². The first kappa shape index (κ1) is 14.5. The highest BCUT2D eigenvalue weighted by atomic mass is 15.2. The largest absolute Gasteiger partial charge is 0.271 e. The summed E-state index contributed by atoms with van der Waals surface area (Å²) in [5.41, 5.74) is 4.43. The third-order valence-electron chi connectivity index (χ3n) is 4.68. The van der Waals surface area contributed by atoms with Crippen LogP contribution in [0.25, 0.3) is 0 Å². The van der Waals surface area contributed by atoms with E-state index in [1.165, 1.54) is 37.7 Å². The second-order valence-corrected chi connectivity index (χ2v) is 5.87. The molecule has 2 rings (SSSR count). The summed E-state index contributed by atoms with van der Waals surface area (Å²) in [6, 6.07) is 4.66. The van der Waals surface area contributed by atoms with Crippen LogP contribution in [0.2, 0.25) is 0 Å². The van der Waals surface area contributed by atoms with Crippen LogP contribution < -0.4 is 11.3 Å². The topological polar surface area (TPSA) is 50.9 Å². The standard InChI is InChI=1S/C16H27N3/c1-2-13-4-3-5-15(12-13)16(19-17)7-6-14-8-10-18-11-9-14/h8-11,13,15-16,19H,2-7,12,17H2,1H3. The van der Waals surface area contributed by atoms with Crippen molar-refractivity contribution in [3.05, 3.63) is 30.1 Å². The highest BCUT2D eigenvalue weighted by Gasteiger charge is 2.26. The van der Waals surface area contributed by atoms with Gasteiger partial charge in [0.05, 0.1) is 0 Å². The Bertz CT molecular complexity index is 352. The van der Waals surface area contributed by atoms with E-state index >= 15 is 0 Å². The lowest BCUT2D eigenvalue weighted by Crippen LogP contribution is -2.42. The van der Waals surface area contributed by atoms with Crippen LogP contribution in [-0.4, -0.2) is 11.0 Å². The van der Waals surface area contributed by atoms with Gasteiger partial charge in [-0.1, -0.05) is 26.2 Å². The van der Waals surface area contributed by atoms with E-state index < -0.39 is 0 Å². The van der Waals surface area contributed by atoms with Crippen LogP contribution in [0.1, 0.15) is 51.0 Å². The molecule has 1 saturated carbocycles. The Morgan fingerprint density at radius 2 is 2.16 bits per heavy atom. The molecule has 1 fully saturated rings. The molecule has 1 aliphatic rings. The van der Waals surface area contributed by atoms with Crippen LogP contribution in [0.15, 0.2) is 24.5 Å². The zero-order chi connectivity index (χ0) is 13.5. The fraction of sp³-hybridized carbons (Fsp3) is 0.688. The Balaban J connectivity index is 1.85. The predicted octanol–water partition coefficient (Wildman–Crippen LogP) is 3.06. The van der Waals surface area contributed by atoms with Gasteiger partial charge in [-0.2, -0.15) is 0 Å². The van der Waals surface area contributed by atoms with E-state index in [4.69, 9.17) is 5.84 Å². The van der Waals surface area contributed by atoms with Gasteiger partial charge in [0.2, 0.25) is 0 Å². The Kier molecular flexibility index (Phi) is 5.80. The first-order valence-corrected chi connectivity index (χ1v) is 7.68. The van der Waals surface area contributed by atoms with Crippen LogP contribution in [0.4, 0.5) is 0 Å². The fourth-order valence-corrected chi connectivity index (χ4v) is 3.40. The molecule has 1 heterocycles. The summed E-state index contributed by atoms with van der Waals surface area (Å²) in [5.74, 6) is 7.46. The second kappa shape index (κ2) is 7.61. The molecular weight excluding hydrogens is 234 g/mol. The number of aromatic nitrogens is 1. The molecule has 1 aromatic rings. The van der Waals surface area contributed by atoms with E-state index in [1.54, 1.807) is 0 Å². The molecule has 0 aliphatic heterocycles. The van der Waals surface area contributed by atoms with Crippen LogP contribution in [0.3, 0.4) is 0 Å². The maximum absolute atomic E-state index is 5.79. The summed E-state index contributed by atoms with van der Waals surface area (Å²) in [5, 5.41) is 0. The van der Waals surface area contributed by atoms with Gasteiger partial charge in [0.15, 0.2) is 0 Å². The number of nitrogens with two attached hydrogens (primary N) is 1. The minimum atomic E-state index is 0.461. The predicted molar refractivity (Wildman–Crippen MR) is 79.4 cm³/mol. The van der Waals surface area contributed by atoms with E-state index in [9.17, 15) is 0 Å². The number of aryl methyl sites for hydroxylation is 1. The normalized spacial score (nSPS) is 25.2. The van der Waals surface area contributed by atoms with E-state index in [1.807, 2.05) is 12.4 Å². The van der Waals surface area contributed by atoms with Crippen LogP contribution in [-0.2, 0) is 6.42 Å². The minimum absolute atomic E-state index is 0.461. The van der Waals surface area contributed by atoms with E-state index in [0.717, 1.165) is 24.7 Å². The van der Waals surface area contributed by atoms with Gasteiger partial charge in [-0.3, -0.25) is 16.3 Å². The molecule has 3 N–H and O–H groups in total. The van der Waals surface area contributed by atoms with Crippen molar-refractivity contribution in [2.45, 2.75) is 57.9 Å². The molecule has 3 heteroatoms. The molecule has 106 valence electrons. The number of hydrazine groups is 1. The van der Waals surface area contributed by atoms with Gasteiger partial charge < -0.3 is 0 Å². The average molecular weight is 261 g/mol. The van der Waals surface area contributed by atoms with Crippen molar-refractivity contribution in [1.82, 2.24) is 10.4 Å². The lowest BCUT2D eigenvalue weighted by Gasteiger charge is -2.34. The Morgan fingerprint density at radius 3 is 2.84 bits per heavy atom. The monoisotopic (exact) mass is 261 g/mol. The van der Waals surface area contributed by atoms with Crippen molar-refractivity contribution in [2.75, 3.05) is 0 Å². The molecule has 0 aromatic carbocycles. The second-order valence-electron chi connectivity index (χ2n) is 5.87. The van der Waals surface area contributed by atoms with Gasteiger partial charge in [0.1, 0.15) is 0 Å². The summed E-state index contributed by atoms with van der Waals surface area (Å²) >= 11 is 0. The zero-order valence-corrected chi connectivity index (χ0v) is 12.0. The van der Waals surface area contributed by atoms with Crippen molar-refractivity contribution in [3.63, 3.8) is 0 Å². The zero-order valence-electron chi connectivity index (χ0n) is 12.0. The van der Waals surface area contributed by atoms with Gasteiger partial charge in [0, 0.05) is 18.4 Å². The molecule has 19 heavy (non-hydrogen) atoms. The molecule has 3 nitrogen and oxygen atoms in total. The molecular formula is C16H27N3. The van der Waals surface area contributed by atoms with Gasteiger partial charge in [-0.25, -0.2) is 0 Å². The minimum Gasteiger partial charge on any atom is -0.271 e. The van der Waals surface area contributed by atoms with Crippen molar-refractivity contribution >= 4 is 0 Å². The Hall–Kier alpha value is -0.930. The highest BCUT2D eigenvalue weighted by molar-refractivity contribution is 5.10. The maximum atomic E-state index is 5.79. The number of hydrogen-bond donors (Lipinski definition) is 2. The number of pyridine rings is 1. The molecule has 0 saturated heterocycles. The summed E-state index contributed by atoms with van der Waals surface area (Å²) in [7, 11) is 0. The quantitative estimate of drug-likeness (QED) is 0.611. The molecule has 1 aromatic heterocycles. The first-order chi connectivity index (χ1) is 9.33. The van der Waals surface area contributed by atoms with Crippen molar-refractivity contribution in [1.29, 1.82) is 0 Å². The van der Waals surface area contributed by atoms with Crippen LogP contribution in [0, 0.1) is 11.8 Å². The summed E-state index contributed by atoms with van der Waals surface area (Å²) in [4.78, 5) is 4.06. The SMILES string of the molecule is CCC1CCCC(C(CCc2ccncc2)NN)C1. The van der Waals surface area contributed by atoms with E-state index in [0.29, 0.717) is 6.04 Å². The van der Waals surface area contributed by atoms with Crippen LogP contribution >= 0.6 is 0 Å². The third-order valence-corrected chi connectivity index (χ3v) is 4.68. The molecule has 1 aliphatic carbocycles. The fourth-order valence-electron chi connectivity index (χ4n) is 3.40. The van der Waals surface area contributed by atoms with Gasteiger partial charge in [-0.15, -0.1) is 0 Å². The first-order valence-electron chi connectivity index (χ1n) is 7.68. The molecule has 0 amide bonds. The van der Waals surface area contributed by atoms with Gasteiger partial charge in [0.25, 0.3) is 0 Å². The van der Waals surface area contributed by atoms with Crippen molar-refractivity contribution < 1.29 is 0 Å². The lowest BCUT2D eigenvalue weighted by molar-refractivity contribution is 0.202.